The molecule has 2 aromatic carbocycles. The largest absolute Gasteiger partial charge is 0.496 e. The van der Waals surface area contributed by atoms with Crippen LogP contribution >= 0.6 is 0 Å². The SMILES string of the molecule is COc1cc2c(c(OCc3ccccc3)c1)OCO2. The third kappa shape index (κ3) is 2.42. The van der Waals surface area contributed by atoms with Gasteiger partial charge in [0.05, 0.1) is 7.11 Å². The van der Waals surface area contributed by atoms with Crippen LogP contribution in [0.5, 0.6) is 23.0 Å². The molecule has 0 amide bonds. The molecule has 0 N–H and O–H groups in total. The van der Waals surface area contributed by atoms with E-state index in [9.17, 15) is 0 Å². The van der Waals surface area contributed by atoms with Gasteiger partial charge < -0.3 is 18.9 Å². The molecule has 2 aromatic rings. The first-order chi connectivity index (χ1) is 9.36. The number of hydrogen-bond acceptors (Lipinski definition) is 4. The lowest BCUT2D eigenvalue weighted by Crippen LogP contribution is -1.97. The summed E-state index contributed by atoms with van der Waals surface area (Å²) in [6.45, 7) is 0.688. The van der Waals surface area contributed by atoms with Gasteiger partial charge in [0.1, 0.15) is 12.4 Å². The summed E-state index contributed by atoms with van der Waals surface area (Å²) in [5.74, 6) is 2.61. The number of methoxy groups -OCH3 is 1. The predicted molar refractivity (Wildman–Crippen MR) is 69.9 cm³/mol. The van der Waals surface area contributed by atoms with Crippen LogP contribution in [0.15, 0.2) is 42.5 Å². The van der Waals surface area contributed by atoms with Crippen molar-refractivity contribution < 1.29 is 18.9 Å². The molecule has 1 heterocycles. The first-order valence-electron chi connectivity index (χ1n) is 6.01. The lowest BCUT2D eigenvalue weighted by Gasteiger charge is -2.10. The van der Waals surface area contributed by atoms with Crippen molar-refractivity contribution in [3.05, 3.63) is 48.0 Å². The van der Waals surface area contributed by atoms with Gasteiger partial charge in [-0.25, -0.2) is 0 Å². The molecule has 1 aliphatic rings. The molecule has 3 rings (SSSR count). The molecule has 19 heavy (non-hydrogen) atoms. The fourth-order valence-corrected chi connectivity index (χ4v) is 1.91. The summed E-state index contributed by atoms with van der Waals surface area (Å²) in [7, 11) is 1.61. The van der Waals surface area contributed by atoms with Gasteiger partial charge in [-0.1, -0.05) is 30.3 Å². The van der Waals surface area contributed by atoms with Gasteiger partial charge in [-0.2, -0.15) is 0 Å². The summed E-state index contributed by atoms with van der Waals surface area (Å²) in [5.41, 5.74) is 1.10. The fourth-order valence-electron chi connectivity index (χ4n) is 1.91. The Kier molecular flexibility index (Phi) is 3.14. The highest BCUT2D eigenvalue weighted by molar-refractivity contribution is 5.57. The minimum atomic E-state index is 0.212. The third-order valence-corrected chi connectivity index (χ3v) is 2.88. The highest BCUT2D eigenvalue weighted by Gasteiger charge is 2.21. The maximum absolute atomic E-state index is 5.79. The standard InChI is InChI=1S/C15H14O4/c1-16-12-7-13(15-14(8-12)18-10-19-15)17-9-11-5-3-2-4-6-11/h2-8H,9-10H2,1H3. The normalized spacial score (nSPS) is 12.3. The number of hydrogen-bond donors (Lipinski definition) is 0. The van der Waals surface area contributed by atoms with Crippen LogP contribution in [0.2, 0.25) is 0 Å². The smallest absolute Gasteiger partial charge is 0.231 e. The van der Waals surface area contributed by atoms with Crippen molar-refractivity contribution in [3.63, 3.8) is 0 Å². The van der Waals surface area contributed by atoms with Crippen molar-refractivity contribution in [3.8, 4) is 23.0 Å². The van der Waals surface area contributed by atoms with Gasteiger partial charge in [-0.15, -0.1) is 0 Å². The fraction of sp³-hybridized carbons (Fsp3) is 0.200. The van der Waals surface area contributed by atoms with Crippen LogP contribution in [0.3, 0.4) is 0 Å². The summed E-state index contributed by atoms with van der Waals surface area (Å²) in [5, 5.41) is 0. The molecule has 0 unspecified atom stereocenters. The van der Waals surface area contributed by atoms with Crippen LogP contribution in [0, 0.1) is 0 Å². The Balaban J connectivity index is 1.82. The van der Waals surface area contributed by atoms with Crippen LogP contribution in [0.25, 0.3) is 0 Å². The second-order valence-corrected chi connectivity index (χ2v) is 4.13. The molecule has 0 fully saturated rings. The van der Waals surface area contributed by atoms with E-state index in [1.165, 1.54) is 0 Å². The number of rotatable bonds is 4. The van der Waals surface area contributed by atoms with Gasteiger partial charge in [-0.3, -0.25) is 0 Å². The first kappa shape index (κ1) is 11.7. The highest BCUT2D eigenvalue weighted by Crippen LogP contribution is 2.44. The van der Waals surface area contributed by atoms with E-state index in [4.69, 9.17) is 18.9 Å². The topological polar surface area (TPSA) is 36.9 Å². The van der Waals surface area contributed by atoms with Crippen molar-refractivity contribution in [2.24, 2.45) is 0 Å². The van der Waals surface area contributed by atoms with E-state index in [0.717, 1.165) is 5.56 Å². The van der Waals surface area contributed by atoms with Crippen LogP contribution in [-0.4, -0.2) is 13.9 Å². The molecule has 98 valence electrons. The molecule has 0 atom stereocenters. The monoisotopic (exact) mass is 258 g/mol. The van der Waals surface area contributed by atoms with Gasteiger partial charge in [0.15, 0.2) is 11.5 Å². The molecule has 0 saturated heterocycles. The lowest BCUT2D eigenvalue weighted by molar-refractivity contribution is 0.169. The van der Waals surface area contributed by atoms with E-state index in [0.29, 0.717) is 29.6 Å². The summed E-state index contributed by atoms with van der Waals surface area (Å²) in [4.78, 5) is 0. The van der Waals surface area contributed by atoms with Crippen LogP contribution in [0.1, 0.15) is 5.56 Å². The summed E-state index contributed by atoms with van der Waals surface area (Å²) in [6, 6.07) is 13.6. The number of ether oxygens (including phenoxy) is 4. The zero-order chi connectivity index (χ0) is 13.1. The Morgan fingerprint density at radius 2 is 1.95 bits per heavy atom. The zero-order valence-corrected chi connectivity index (χ0v) is 10.6. The maximum Gasteiger partial charge on any atom is 0.231 e. The van der Waals surface area contributed by atoms with Crippen molar-refractivity contribution in [1.29, 1.82) is 0 Å². The molecule has 0 saturated carbocycles. The summed E-state index contributed by atoms with van der Waals surface area (Å²) < 4.78 is 21.8. The number of benzene rings is 2. The Bertz CT molecular complexity index is 566. The second kappa shape index (κ2) is 5.10. The van der Waals surface area contributed by atoms with Crippen LogP contribution in [0.4, 0.5) is 0 Å². The summed E-state index contributed by atoms with van der Waals surface area (Å²) >= 11 is 0. The van der Waals surface area contributed by atoms with E-state index < -0.39 is 0 Å². The molecular weight excluding hydrogens is 244 g/mol. The Morgan fingerprint density at radius 1 is 1.11 bits per heavy atom. The molecule has 4 nitrogen and oxygen atoms in total. The molecular formula is C15H14O4. The molecule has 0 aromatic heterocycles. The van der Waals surface area contributed by atoms with Crippen molar-refractivity contribution >= 4 is 0 Å². The lowest BCUT2D eigenvalue weighted by atomic mass is 10.2. The van der Waals surface area contributed by atoms with E-state index in [1.807, 2.05) is 30.3 Å². The molecule has 0 spiro atoms. The van der Waals surface area contributed by atoms with Gasteiger partial charge >= 0.3 is 0 Å². The van der Waals surface area contributed by atoms with Gasteiger partial charge in [0.25, 0.3) is 0 Å². The number of fused-ring (bicyclic) bond motifs is 1. The molecule has 4 heteroatoms. The quantitative estimate of drug-likeness (QED) is 0.844. The maximum atomic E-state index is 5.79. The molecule has 0 bridgehead atoms. The van der Waals surface area contributed by atoms with Crippen LogP contribution < -0.4 is 18.9 Å². The van der Waals surface area contributed by atoms with E-state index in [2.05, 4.69) is 0 Å². The zero-order valence-electron chi connectivity index (χ0n) is 10.6. The minimum absolute atomic E-state index is 0.212. The van der Waals surface area contributed by atoms with Gasteiger partial charge in [0.2, 0.25) is 12.5 Å². The average Bonchev–Trinajstić information content (AvgIpc) is 2.94. The van der Waals surface area contributed by atoms with Gasteiger partial charge in [0, 0.05) is 12.1 Å². The average molecular weight is 258 g/mol. The molecule has 0 aliphatic carbocycles. The Hall–Kier alpha value is -2.36. The minimum Gasteiger partial charge on any atom is -0.496 e. The second-order valence-electron chi connectivity index (χ2n) is 4.13. The highest BCUT2D eigenvalue weighted by atomic mass is 16.7. The van der Waals surface area contributed by atoms with Crippen molar-refractivity contribution in [1.82, 2.24) is 0 Å². The van der Waals surface area contributed by atoms with Crippen molar-refractivity contribution in [2.45, 2.75) is 6.61 Å². The van der Waals surface area contributed by atoms with E-state index in [-0.39, 0.29) is 6.79 Å². The third-order valence-electron chi connectivity index (χ3n) is 2.88. The van der Waals surface area contributed by atoms with E-state index >= 15 is 0 Å². The van der Waals surface area contributed by atoms with Crippen LogP contribution in [-0.2, 0) is 6.61 Å². The van der Waals surface area contributed by atoms with E-state index in [1.54, 1.807) is 19.2 Å². The molecule has 1 aliphatic heterocycles. The molecule has 0 radical (unpaired) electrons. The van der Waals surface area contributed by atoms with Crippen molar-refractivity contribution in [2.75, 3.05) is 13.9 Å². The predicted octanol–water partition coefficient (Wildman–Crippen LogP) is 3.00. The van der Waals surface area contributed by atoms with Gasteiger partial charge in [-0.05, 0) is 5.56 Å². The Labute approximate surface area is 111 Å². The first-order valence-corrected chi connectivity index (χ1v) is 6.01. The Morgan fingerprint density at radius 3 is 2.74 bits per heavy atom. The summed E-state index contributed by atoms with van der Waals surface area (Å²) in [6.07, 6.45) is 0.